The molecule has 3 aromatic carbocycles. The van der Waals surface area contributed by atoms with Crippen molar-refractivity contribution in [1.29, 1.82) is 0 Å². The van der Waals surface area contributed by atoms with Crippen LogP contribution >= 0.6 is 23.2 Å². The van der Waals surface area contributed by atoms with Crippen LogP contribution in [0.1, 0.15) is 30.5 Å². The van der Waals surface area contributed by atoms with Gasteiger partial charge in [0.2, 0.25) is 21.8 Å². The number of hydrogen-bond acceptors (Lipinski definition) is 4. The SMILES string of the molecule is Cc1ccc(S(=O)(=O)N(C)CC(=O)N(Cc2ccc(Cl)cc2Cl)C(Cc2ccccc2)C(=O)NCC(C)C)cc1. The van der Waals surface area contributed by atoms with Crippen molar-refractivity contribution < 1.29 is 18.0 Å². The molecule has 0 saturated heterocycles. The van der Waals surface area contributed by atoms with Crippen LogP contribution in [0.4, 0.5) is 0 Å². The van der Waals surface area contributed by atoms with Gasteiger partial charge in [0.1, 0.15) is 6.04 Å². The molecular weight excluding hydrogens is 569 g/mol. The Balaban J connectivity index is 1.99. The van der Waals surface area contributed by atoms with Crippen LogP contribution in [-0.4, -0.2) is 55.6 Å². The molecule has 214 valence electrons. The van der Waals surface area contributed by atoms with E-state index in [1.807, 2.05) is 51.1 Å². The second-order valence-corrected chi connectivity index (χ2v) is 13.1. The Hall–Kier alpha value is -2.91. The fourth-order valence-corrected chi connectivity index (χ4v) is 5.65. The predicted molar refractivity (Wildman–Crippen MR) is 160 cm³/mol. The second-order valence-electron chi connectivity index (χ2n) is 10.2. The third-order valence-electron chi connectivity index (χ3n) is 6.40. The van der Waals surface area contributed by atoms with Gasteiger partial charge in [0, 0.05) is 36.6 Å². The van der Waals surface area contributed by atoms with Crippen molar-refractivity contribution >= 4 is 45.0 Å². The number of nitrogens with zero attached hydrogens (tertiary/aromatic N) is 2. The average Bonchev–Trinajstić information content (AvgIpc) is 2.91. The first kappa shape index (κ1) is 31.6. The van der Waals surface area contributed by atoms with Crippen molar-refractivity contribution in [1.82, 2.24) is 14.5 Å². The fourth-order valence-electron chi connectivity index (χ4n) is 4.07. The summed E-state index contributed by atoms with van der Waals surface area (Å²) in [6.07, 6.45) is 0.232. The number of aryl methyl sites for hydroxylation is 1. The summed E-state index contributed by atoms with van der Waals surface area (Å²) in [5, 5.41) is 3.72. The molecule has 0 aliphatic rings. The molecule has 0 fully saturated rings. The number of sulfonamides is 1. The van der Waals surface area contributed by atoms with Crippen LogP contribution in [0.2, 0.25) is 10.0 Å². The Morgan fingerprint density at radius 2 is 1.60 bits per heavy atom. The lowest BCUT2D eigenvalue weighted by Crippen LogP contribution is -2.53. The molecule has 1 atom stereocenters. The smallest absolute Gasteiger partial charge is 0.243 e. The fraction of sp³-hybridized carbons (Fsp3) is 0.333. The topological polar surface area (TPSA) is 86.8 Å². The largest absolute Gasteiger partial charge is 0.354 e. The number of carbonyl (C=O) groups excluding carboxylic acids is 2. The molecule has 0 aromatic heterocycles. The molecule has 1 unspecified atom stereocenters. The van der Waals surface area contributed by atoms with Crippen LogP contribution in [0.5, 0.6) is 0 Å². The molecule has 10 heteroatoms. The summed E-state index contributed by atoms with van der Waals surface area (Å²) in [6.45, 7) is 5.77. The molecule has 0 bridgehead atoms. The number of rotatable bonds is 12. The second kappa shape index (κ2) is 14.1. The maximum absolute atomic E-state index is 13.9. The summed E-state index contributed by atoms with van der Waals surface area (Å²) >= 11 is 12.6. The van der Waals surface area contributed by atoms with Gasteiger partial charge in [-0.15, -0.1) is 0 Å². The Labute approximate surface area is 247 Å². The van der Waals surface area contributed by atoms with Crippen molar-refractivity contribution in [3.8, 4) is 0 Å². The van der Waals surface area contributed by atoms with E-state index < -0.39 is 28.5 Å². The summed E-state index contributed by atoms with van der Waals surface area (Å²) in [7, 11) is -2.60. The van der Waals surface area contributed by atoms with Gasteiger partial charge in [0.05, 0.1) is 11.4 Å². The normalized spacial score (nSPS) is 12.4. The molecule has 0 aliphatic carbocycles. The van der Waals surface area contributed by atoms with E-state index >= 15 is 0 Å². The molecule has 2 amide bonds. The lowest BCUT2D eigenvalue weighted by atomic mass is 10.0. The third kappa shape index (κ3) is 8.54. The molecule has 0 radical (unpaired) electrons. The van der Waals surface area contributed by atoms with Gasteiger partial charge in [-0.05, 0) is 48.2 Å². The Morgan fingerprint density at radius 1 is 0.950 bits per heavy atom. The lowest BCUT2D eigenvalue weighted by Gasteiger charge is -2.33. The number of nitrogens with one attached hydrogen (secondary N) is 1. The molecule has 3 aromatic rings. The van der Waals surface area contributed by atoms with Crippen molar-refractivity contribution in [3.05, 3.63) is 99.5 Å². The van der Waals surface area contributed by atoms with Crippen LogP contribution in [0.25, 0.3) is 0 Å². The van der Waals surface area contributed by atoms with Crippen molar-refractivity contribution in [2.45, 2.75) is 44.7 Å². The number of carbonyl (C=O) groups is 2. The molecule has 3 rings (SSSR count). The quantitative estimate of drug-likeness (QED) is 0.303. The third-order valence-corrected chi connectivity index (χ3v) is 8.80. The molecule has 7 nitrogen and oxygen atoms in total. The first-order valence-electron chi connectivity index (χ1n) is 13.0. The highest BCUT2D eigenvalue weighted by molar-refractivity contribution is 7.89. The summed E-state index contributed by atoms with van der Waals surface area (Å²) in [5.74, 6) is -0.674. The lowest BCUT2D eigenvalue weighted by molar-refractivity contribution is -0.141. The zero-order chi connectivity index (χ0) is 29.4. The van der Waals surface area contributed by atoms with Crippen LogP contribution in [0.3, 0.4) is 0 Å². The summed E-state index contributed by atoms with van der Waals surface area (Å²) in [5.41, 5.74) is 2.35. The maximum Gasteiger partial charge on any atom is 0.243 e. The Bertz CT molecular complexity index is 1410. The van der Waals surface area contributed by atoms with Crippen molar-refractivity contribution in [2.75, 3.05) is 20.1 Å². The van der Waals surface area contributed by atoms with Crippen molar-refractivity contribution in [2.24, 2.45) is 5.92 Å². The number of halogens is 2. The van der Waals surface area contributed by atoms with E-state index in [0.29, 0.717) is 22.2 Å². The Morgan fingerprint density at radius 3 is 2.20 bits per heavy atom. The first-order valence-corrected chi connectivity index (χ1v) is 15.2. The highest BCUT2D eigenvalue weighted by atomic mass is 35.5. The summed E-state index contributed by atoms with van der Waals surface area (Å²) < 4.78 is 27.5. The van der Waals surface area contributed by atoms with Gasteiger partial charge in [-0.1, -0.05) is 91.1 Å². The average molecular weight is 605 g/mol. The van der Waals surface area contributed by atoms with Crippen LogP contribution in [-0.2, 0) is 32.6 Å². The monoisotopic (exact) mass is 603 g/mol. The zero-order valence-electron chi connectivity index (χ0n) is 23.1. The standard InChI is InChI=1S/C30H35Cl2N3O4S/c1-21(2)18-33-30(37)28(16-23-8-6-5-7-9-23)35(19-24-12-13-25(31)17-27(24)32)29(36)20-34(4)40(38,39)26-14-10-22(3)11-15-26/h5-15,17,21,28H,16,18-20H2,1-4H3,(H,33,37). The molecule has 1 N–H and O–H groups in total. The van der Waals surface area contributed by atoms with E-state index in [1.54, 1.807) is 30.3 Å². The van der Waals surface area contributed by atoms with E-state index in [1.165, 1.54) is 24.1 Å². The van der Waals surface area contributed by atoms with Gasteiger partial charge >= 0.3 is 0 Å². The Kier molecular flexibility index (Phi) is 11.2. The van der Waals surface area contributed by atoms with Gasteiger partial charge in [-0.3, -0.25) is 9.59 Å². The van der Waals surface area contributed by atoms with E-state index in [9.17, 15) is 18.0 Å². The molecule has 0 heterocycles. The molecule has 0 spiro atoms. The van der Waals surface area contributed by atoms with E-state index in [4.69, 9.17) is 23.2 Å². The predicted octanol–water partition coefficient (Wildman–Crippen LogP) is 5.33. The van der Waals surface area contributed by atoms with E-state index in [0.717, 1.165) is 15.4 Å². The highest BCUT2D eigenvalue weighted by Crippen LogP contribution is 2.25. The molecule has 0 aliphatic heterocycles. The molecule has 40 heavy (non-hydrogen) atoms. The van der Waals surface area contributed by atoms with Gasteiger partial charge in [-0.2, -0.15) is 4.31 Å². The van der Waals surface area contributed by atoms with E-state index in [-0.39, 0.29) is 29.7 Å². The molecular formula is C30H35Cl2N3O4S. The first-order chi connectivity index (χ1) is 18.9. The van der Waals surface area contributed by atoms with Crippen molar-refractivity contribution in [3.63, 3.8) is 0 Å². The van der Waals surface area contributed by atoms with Crippen LogP contribution in [0, 0.1) is 12.8 Å². The number of likely N-dealkylation sites (N-methyl/N-ethyl adjacent to an activating group) is 1. The van der Waals surface area contributed by atoms with Gasteiger partial charge in [-0.25, -0.2) is 8.42 Å². The van der Waals surface area contributed by atoms with E-state index in [2.05, 4.69) is 5.32 Å². The van der Waals surface area contributed by atoms with Crippen LogP contribution < -0.4 is 5.32 Å². The molecule has 0 saturated carbocycles. The minimum atomic E-state index is -3.96. The van der Waals surface area contributed by atoms with Crippen LogP contribution in [0.15, 0.2) is 77.7 Å². The van der Waals surface area contributed by atoms with Gasteiger partial charge in [0.15, 0.2) is 0 Å². The minimum Gasteiger partial charge on any atom is -0.354 e. The highest BCUT2D eigenvalue weighted by Gasteiger charge is 2.33. The minimum absolute atomic E-state index is 0.0140. The summed E-state index contributed by atoms with van der Waals surface area (Å²) in [6, 6.07) is 19.8. The van der Waals surface area contributed by atoms with Gasteiger partial charge < -0.3 is 10.2 Å². The number of amides is 2. The number of hydrogen-bond donors (Lipinski definition) is 1. The maximum atomic E-state index is 13.9. The van der Waals surface area contributed by atoms with Gasteiger partial charge in [0.25, 0.3) is 0 Å². The summed E-state index contributed by atoms with van der Waals surface area (Å²) in [4.78, 5) is 29.0. The number of benzene rings is 3. The zero-order valence-corrected chi connectivity index (χ0v) is 25.4.